The Morgan fingerprint density at radius 3 is 2.14 bits per heavy atom. The van der Waals surface area contributed by atoms with Crippen molar-refractivity contribution >= 4 is 11.9 Å². The molecule has 1 rings (SSSR count). The highest BCUT2D eigenvalue weighted by atomic mass is 16.6. The monoisotopic (exact) mass is 300 g/mol. The summed E-state index contributed by atoms with van der Waals surface area (Å²) >= 11 is 0. The standard InChI is InChI=1S/C16H28O5/c1-4-10-16(14(17)19-5-2,15(18)20-6-3)11-9-13-8-7-12-21-13/h13H,4-12H2,1-3H3. The number of rotatable bonds is 9. The molecular formula is C16H28O5. The second-order valence-electron chi connectivity index (χ2n) is 5.45. The zero-order chi connectivity index (χ0) is 15.7. The molecule has 0 N–H and O–H groups in total. The van der Waals surface area contributed by atoms with Gasteiger partial charge in [-0.2, -0.15) is 0 Å². The summed E-state index contributed by atoms with van der Waals surface area (Å²) < 4.78 is 15.9. The first-order chi connectivity index (χ1) is 10.1. The van der Waals surface area contributed by atoms with Crippen LogP contribution < -0.4 is 0 Å². The highest BCUT2D eigenvalue weighted by Crippen LogP contribution is 2.35. The van der Waals surface area contributed by atoms with E-state index in [1.165, 1.54) is 0 Å². The van der Waals surface area contributed by atoms with Gasteiger partial charge in [-0.3, -0.25) is 9.59 Å². The largest absolute Gasteiger partial charge is 0.465 e. The lowest BCUT2D eigenvalue weighted by Gasteiger charge is -2.29. The van der Waals surface area contributed by atoms with Crippen LogP contribution >= 0.6 is 0 Å². The first kappa shape index (κ1) is 18.0. The molecule has 0 bridgehead atoms. The molecule has 1 saturated heterocycles. The van der Waals surface area contributed by atoms with Gasteiger partial charge in [0.25, 0.3) is 0 Å². The molecule has 5 nitrogen and oxygen atoms in total. The van der Waals surface area contributed by atoms with E-state index in [9.17, 15) is 9.59 Å². The third kappa shape index (κ3) is 4.70. The van der Waals surface area contributed by atoms with Gasteiger partial charge in [-0.15, -0.1) is 0 Å². The van der Waals surface area contributed by atoms with Gasteiger partial charge in [-0.1, -0.05) is 13.3 Å². The quantitative estimate of drug-likeness (QED) is 0.484. The molecule has 1 aliphatic heterocycles. The van der Waals surface area contributed by atoms with Crippen LogP contribution in [0.2, 0.25) is 0 Å². The SMILES string of the molecule is CCCC(CCC1CCCO1)(C(=O)OCC)C(=O)OCC. The fraction of sp³-hybridized carbons (Fsp3) is 0.875. The van der Waals surface area contributed by atoms with E-state index < -0.39 is 17.4 Å². The Morgan fingerprint density at radius 1 is 1.10 bits per heavy atom. The van der Waals surface area contributed by atoms with Crippen molar-refractivity contribution in [3.8, 4) is 0 Å². The van der Waals surface area contributed by atoms with Crippen molar-refractivity contribution in [3.05, 3.63) is 0 Å². The van der Waals surface area contributed by atoms with Crippen molar-refractivity contribution in [1.29, 1.82) is 0 Å². The first-order valence-electron chi connectivity index (χ1n) is 8.06. The fourth-order valence-electron chi connectivity index (χ4n) is 2.86. The number of carbonyl (C=O) groups excluding carboxylic acids is 2. The summed E-state index contributed by atoms with van der Waals surface area (Å²) in [4.78, 5) is 24.8. The molecule has 1 heterocycles. The van der Waals surface area contributed by atoms with Gasteiger partial charge in [-0.25, -0.2) is 0 Å². The van der Waals surface area contributed by atoms with E-state index in [1.54, 1.807) is 13.8 Å². The lowest BCUT2D eigenvalue weighted by molar-refractivity contribution is -0.174. The molecule has 122 valence electrons. The molecule has 5 heteroatoms. The van der Waals surface area contributed by atoms with Gasteiger partial charge in [0, 0.05) is 6.61 Å². The molecule has 0 aromatic heterocycles. The third-order valence-corrected chi connectivity index (χ3v) is 3.93. The maximum atomic E-state index is 12.4. The number of hydrogen-bond donors (Lipinski definition) is 0. The zero-order valence-electron chi connectivity index (χ0n) is 13.5. The average molecular weight is 300 g/mol. The van der Waals surface area contributed by atoms with Crippen molar-refractivity contribution in [2.45, 2.75) is 65.4 Å². The molecule has 0 spiro atoms. The van der Waals surface area contributed by atoms with Gasteiger partial charge in [0.05, 0.1) is 19.3 Å². The maximum absolute atomic E-state index is 12.4. The Hall–Kier alpha value is -1.10. The Bertz CT molecular complexity index is 316. The summed E-state index contributed by atoms with van der Waals surface area (Å²) in [6.45, 7) is 6.76. The Morgan fingerprint density at radius 2 is 1.71 bits per heavy atom. The number of carbonyl (C=O) groups is 2. The summed E-state index contributed by atoms with van der Waals surface area (Å²) in [5.41, 5.74) is -1.17. The van der Waals surface area contributed by atoms with Crippen molar-refractivity contribution in [2.24, 2.45) is 5.41 Å². The third-order valence-electron chi connectivity index (χ3n) is 3.93. The second kappa shape index (κ2) is 9.03. The van der Waals surface area contributed by atoms with E-state index in [1.807, 2.05) is 6.92 Å². The second-order valence-corrected chi connectivity index (χ2v) is 5.45. The summed E-state index contributed by atoms with van der Waals surface area (Å²) in [7, 11) is 0. The molecular weight excluding hydrogens is 272 g/mol. The predicted molar refractivity (Wildman–Crippen MR) is 78.8 cm³/mol. The van der Waals surface area contributed by atoms with Crippen molar-refractivity contribution in [1.82, 2.24) is 0 Å². The van der Waals surface area contributed by atoms with Gasteiger partial charge >= 0.3 is 11.9 Å². The molecule has 1 aliphatic rings. The van der Waals surface area contributed by atoms with E-state index in [2.05, 4.69) is 0 Å². The van der Waals surface area contributed by atoms with Crippen LogP contribution in [0.4, 0.5) is 0 Å². The highest BCUT2D eigenvalue weighted by Gasteiger charge is 2.48. The Kier molecular flexibility index (Phi) is 7.72. The molecule has 1 fully saturated rings. The smallest absolute Gasteiger partial charge is 0.323 e. The van der Waals surface area contributed by atoms with E-state index in [-0.39, 0.29) is 19.3 Å². The summed E-state index contributed by atoms with van der Waals surface area (Å²) in [6, 6.07) is 0. The van der Waals surface area contributed by atoms with Crippen LogP contribution in [-0.2, 0) is 23.8 Å². The van der Waals surface area contributed by atoms with Crippen molar-refractivity contribution in [3.63, 3.8) is 0 Å². The molecule has 0 saturated carbocycles. The summed E-state index contributed by atoms with van der Waals surface area (Å²) in [6.07, 6.45) is 4.49. The molecule has 0 radical (unpaired) electrons. The number of ether oxygens (including phenoxy) is 3. The molecule has 0 amide bonds. The van der Waals surface area contributed by atoms with Crippen LogP contribution in [0.15, 0.2) is 0 Å². The normalized spacial score (nSPS) is 18.5. The molecule has 1 atom stereocenters. The maximum Gasteiger partial charge on any atom is 0.323 e. The van der Waals surface area contributed by atoms with Crippen LogP contribution in [0, 0.1) is 5.41 Å². The van der Waals surface area contributed by atoms with Gasteiger partial charge in [0.1, 0.15) is 0 Å². The number of esters is 2. The highest BCUT2D eigenvalue weighted by molar-refractivity contribution is 6.00. The first-order valence-corrected chi connectivity index (χ1v) is 8.06. The van der Waals surface area contributed by atoms with Gasteiger partial charge < -0.3 is 14.2 Å². The topological polar surface area (TPSA) is 61.8 Å². The van der Waals surface area contributed by atoms with E-state index in [4.69, 9.17) is 14.2 Å². The Labute approximate surface area is 127 Å². The molecule has 21 heavy (non-hydrogen) atoms. The molecule has 0 aliphatic carbocycles. The van der Waals surface area contributed by atoms with Gasteiger partial charge in [0.2, 0.25) is 0 Å². The Balaban J connectivity index is 2.85. The van der Waals surface area contributed by atoms with E-state index in [0.717, 1.165) is 25.9 Å². The minimum Gasteiger partial charge on any atom is -0.465 e. The average Bonchev–Trinajstić information content (AvgIpc) is 2.97. The van der Waals surface area contributed by atoms with Crippen LogP contribution in [0.25, 0.3) is 0 Å². The number of hydrogen-bond acceptors (Lipinski definition) is 5. The zero-order valence-corrected chi connectivity index (χ0v) is 13.5. The van der Waals surface area contributed by atoms with Crippen LogP contribution in [-0.4, -0.2) is 37.9 Å². The van der Waals surface area contributed by atoms with E-state index in [0.29, 0.717) is 19.3 Å². The van der Waals surface area contributed by atoms with E-state index >= 15 is 0 Å². The fourth-order valence-corrected chi connectivity index (χ4v) is 2.86. The lowest BCUT2D eigenvalue weighted by Crippen LogP contribution is -2.42. The van der Waals surface area contributed by atoms with Crippen molar-refractivity contribution in [2.75, 3.05) is 19.8 Å². The summed E-state index contributed by atoms with van der Waals surface area (Å²) in [5.74, 6) is -0.911. The molecule has 0 aromatic carbocycles. The van der Waals surface area contributed by atoms with Gasteiger partial charge in [0.15, 0.2) is 5.41 Å². The molecule has 1 unspecified atom stereocenters. The molecule has 0 aromatic rings. The summed E-state index contributed by atoms with van der Waals surface area (Å²) in [5, 5.41) is 0. The van der Waals surface area contributed by atoms with Gasteiger partial charge in [-0.05, 0) is 46.0 Å². The van der Waals surface area contributed by atoms with Crippen molar-refractivity contribution < 1.29 is 23.8 Å². The van der Waals surface area contributed by atoms with Crippen LogP contribution in [0.5, 0.6) is 0 Å². The predicted octanol–water partition coefficient (Wildman–Crippen LogP) is 2.86. The van der Waals surface area contributed by atoms with Crippen LogP contribution in [0.1, 0.15) is 59.3 Å². The minimum atomic E-state index is -1.17. The van der Waals surface area contributed by atoms with Crippen LogP contribution in [0.3, 0.4) is 0 Å². The lowest BCUT2D eigenvalue weighted by atomic mass is 9.78. The minimum absolute atomic E-state index is 0.144.